The van der Waals surface area contributed by atoms with Crippen LogP contribution in [0.1, 0.15) is 11.1 Å². The van der Waals surface area contributed by atoms with Crippen LogP contribution in [0.2, 0.25) is 0 Å². The van der Waals surface area contributed by atoms with E-state index in [1.807, 2.05) is 12.1 Å². The molecule has 0 saturated heterocycles. The normalized spacial score (nSPS) is 11.9. The van der Waals surface area contributed by atoms with Crippen molar-refractivity contribution < 1.29 is 17.9 Å². The zero-order valence-corrected chi connectivity index (χ0v) is 15.5. The molecule has 0 saturated carbocycles. The minimum absolute atomic E-state index is 0.114. The molecular weight excluding hydrogens is 385 g/mol. The molecule has 2 aromatic heterocycles. The summed E-state index contributed by atoms with van der Waals surface area (Å²) in [5.74, 6) is 0.915. The molecule has 3 rings (SSSR count). The Morgan fingerprint density at radius 3 is 2.66 bits per heavy atom. The fourth-order valence-corrected chi connectivity index (χ4v) is 2.57. The molecule has 0 aliphatic rings. The molecule has 1 aromatic carbocycles. The van der Waals surface area contributed by atoms with Crippen molar-refractivity contribution in [3.8, 4) is 11.6 Å². The number of alkyl halides is 3. The molecule has 0 unspecified atom stereocenters. The van der Waals surface area contributed by atoms with E-state index >= 15 is 0 Å². The lowest BCUT2D eigenvalue weighted by atomic mass is 10.2. The summed E-state index contributed by atoms with van der Waals surface area (Å²) >= 11 is 0. The Bertz CT molecular complexity index is 957. The number of halogens is 3. The maximum absolute atomic E-state index is 12.5. The van der Waals surface area contributed by atoms with Crippen molar-refractivity contribution in [2.45, 2.75) is 19.5 Å². The van der Waals surface area contributed by atoms with E-state index in [9.17, 15) is 13.2 Å². The van der Waals surface area contributed by atoms with Gasteiger partial charge in [-0.1, -0.05) is 18.2 Å². The summed E-state index contributed by atoms with van der Waals surface area (Å²) in [7, 11) is 1.58. The molecule has 2 heterocycles. The molecule has 2 N–H and O–H groups in total. The van der Waals surface area contributed by atoms with Gasteiger partial charge in [-0.25, -0.2) is 9.97 Å². The van der Waals surface area contributed by atoms with E-state index in [-0.39, 0.29) is 12.3 Å². The molecule has 0 aliphatic heterocycles. The summed E-state index contributed by atoms with van der Waals surface area (Å²) < 4.78 is 43.5. The maximum Gasteiger partial charge on any atom is 0.573 e. The number of hydrogen-bond acceptors (Lipinski definition) is 4. The first-order chi connectivity index (χ1) is 13.9. The smallest absolute Gasteiger partial charge is 0.405 e. The molecular formula is C19H19F3N6O. The fourth-order valence-electron chi connectivity index (χ4n) is 2.57. The average Bonchev–Trinajstić information content (AvgIpc) is 3.23. The number of para-hydroxylation sites is 1. The summed E-state index contributed by atoms with van der Waals surface area (Å²) in [5, 5.41) is 6.10. The standard InChI is InChI=1S/C19H19F3N6O/c1-23-18(27-12-15-4-2-3-5-16(15)29-19(20,21)22)26-11-14-6-7-25-17(10-14)28-9-8-24-13-28/h2-10,13H,11-12H2,1H3,(H2,23,26,27). The summed E-state index contributed by atoms with van der Waals surface area (Å²) in [5.41, 5.74) is 1.31. The second-order valence-electron chi connectivity index (χ2n) is 5.93. The van der Waals surface area contributed by atoms with E-state index in [0.717, 1.165) is 11.4 Å². The first-order valence-corrected chi connectivity index (χ1v) is 8.66. The van der Waals surface area contributed by atoms with Crippen molar-refractivity contribution in [1.82, 2.24) is 25.2 Å². The van der Waals surface area contributed by atoms with Crippen LogP contribution in [0, 0.1) is 0 Å². The molecule has 0 fully saturated rings. The number of imidazole rings is 1. The molecule has 10 heteroatoms. The molecule has 0 spiro atoms. The maximum atomic E-state index is 12.5. The Labute approximate surface area is 165 Å². The highest BCUT2D eigenvalue weighted by Crippen LogP contribution is 2.26. The number of guanidine groups is 1. The Kier molecular flexibility index (Phi) is 6.32. The van der Waals surface area contributed by atoms with Gasteiger partial charge in [0.25, 0.3) is 0 Å². The summed E-state index contributed by atoms with van der Waals surface area (Å²) in [6.45, 7) is 0.563. The molecule has 152 valence electrons. The minimum atomic E-state index is -4.75. The lowest BCUT2D eigenvalue weighted by molar-refractivity contribution is -0.274. The number of pyridine rings is 1. The Balaban J connectivity index is 1.59. The zero-order chi connectivity index (χ0) is 20.7. The number of hydrogen-bond donors (Lipinski definition) is 2. The SMILES string of the molecule is CN=C(NCc1ccnc(-n2ccnc2)c1)NCc1ccccc1OC(F)(F)F. The summed E-state index contributed by atoms with van der Waals surface area (Å²) in [4.78, 5) is 12.4. The van der Waals surface area contributed by atoms with E-state index in [1.54, 1.807) is 48.7 Å². The number of benzene rings is 1. The van der Waals surface area contributed by atoms with E-state index < -0.39 is 6.36 Å². The molecule has 0 amide bonds. The number of nitrogens with zero attached hydrogens (tertiary/aromatic N) is 4. The largest absolute Gasteiger partial charge is 0.573 e. The van der Waals surface area contributed by atoms with Crippen LogP contribution in [0.5, 0.6) is 5.75 Å². The predicted molar refractivity (Wildman–Crippen MR) is 102 cm³/mol. The van der Waals surface area contributed by atoms with Crippen LogP contribution in [-0.2, 0) is 13.1 Å². The van der Waals surface area contributed by atoms with Gasteiger partial charge in [0.1, 0.15) is 17.9 Å². The highest BCUT2D eigenvalue weighted by atomic mass is 19.4. The average molecular weight is 404 g/mol. The van der Waals surface area contributed by atoms with Crippen molar-refractivity contribution in [1.29, 1.82) is 0 Å². The van der Waals surface area contributed by atoms with E-state index in [0.29, 0.717) is 18.1 Å². The number of ether oxygens (including phenoxy) is 1. The van der Waals surface area contributed by atoms with Crippen LogP contribution >= 0.6 is 0 Å². The van der Waals surface area contributed by atoms with Crippen molar-refractivity contribution in [2.75, 3.05) is 7.05 Å². The van der Waals surface area contributed by atoms with Crippen LogP contribution in [-0.4, -0.2) is 33.9 Å². The predicted octanol–water partition coefficient (Wildman–Crippen LogP) is 3.03. The first-order valence-electron chi connectivity index (χ1n) is 8.66. The van der Waals surface area contributed by atoms with Gasteiger partial charge in [0.2, 0.25) is 0 Å². The van der Waals surface area contributed by atoms with Gasteiger partial charge in [0, 0.05) is 44.3 Å². The lowest BCUT2D eigenvalue weighted by Crippen LogP contribution is -2.36. The van der Waals surface area contributed by atoms with Crippen LogP contribution in [0.3, 0.4) is 0 Å². The monoisotopic (exact) mass is 404 g/mol. The van der Waals surface area contributed by atoms with Gasteiger partial charge in [0.05, 0.1) is 0 Å². The van der Waals surface area contributed by atoms with Gasteiger partial charge in [-0.05, 0) is 23.8 Å². The molecule has 0 atom stereocenters. The zero-order valence-electron chi connectivity index (χ0n) is 15.5. The number of aliphatic imine (C=N–C) groups is 1. The summed E-state index contributed by atoms with van der Waals surface area (Å²) in [6, 6.07) is 9.71. The topological polar surface area (TPSA) is 76.4 Å². The van der Waals surface area contributed by atoms with Crippen molar-refractivity contribution in [3.63, 3.8) is 0 Å². The lowest BCUT2D eigenvalue weighted by Gasteiger charge is -2.16. The molecule has 0 radical (unpaired) electrons. The summed E-state index contributed by atoms with van der Waals surface area (Å²) in [6.07, 6.45) is 2.05. The second-order valence-corrected chi connectivity index (χ2v) is 5.93. The van der Waals surface area contributed by atoms with Crippen LogP contribution in [0.4, 0.5) is 13.2 Å². The highest BCUT2D eigenvalue weighted by molar-refractivity contribution is 5.79. The number of aromatic nitrogens is 3. The van der Waals surface area contributed by atoms with Crippen molar-refractivity contribution in [3.05, 3.63) is 72.4 Å². The van der Waals surface area contributed by atoms with Gasteiger partial charge in [0.15, 0.2) is 5.96 Å². The Morgan fingerprint density at radius 1 is 1.14 bits per heavy atom. The Hall–Kier alpha value is -3.56. The van der Waals surface area contributed by atoms with Crippen LogP contribution in [0.25, 0.3) is 5.82 Å². The molecule has 29 heavy (non-hydrogen) atoms. The van der Waals surface area contributed by atoms with Gasteiger partial charge in [-0.15, -0.1) is 13.2 Å². The van der Waals surface area contributed by atoms with Crippen LogP contribution in [0.15, 0.2) is 66.3 Å². The van der Waals surface area contributed by atoms with Crippen molar-refractivity contribution in [2.24, 2.45) is 4.99 Å². The van der Waals surface area contributed by atoms with E-state index in [2.05, 4.69) is 30.3 Å². The second kappa shape index (κ2) is 9.09. The third-order valence-electron chi connectivity index (χ3n) is 3.91. The van der Waals surface area contributed by atoms with Crippen molar-refractivity contribution >= 4 is 5.96 Å². The van der Waals surface area contributed by atoms with Gasteiger partial charge >= 0.3 is 6.36 Å². The minimum Gasteiger partial charge on any atom is -0.405 e. The van der Waals surface area contributed by atoms with Gasteiger partial charge in [-0.2, -0.15) is 0 Å². The number of rotatable bonds is 6. The third kappa shape index (κ3) is 5.96. The quantitative estimate of drug-likeness (QED) is 0.488. The molecule has 7 nitrogen and oxygen atoms in total. The van der Waals surface area contributed by atoms with Crippen LogP contribution < -0.4 is 15.4 Å². The fraction of sp³-hybridized carbons (Fsp3) is 0.211. The van der Waals surface area contributed by atoms with E-state index in [1.165, 1.54) is 12.1 Å². The Morgan fingerprint density at radius 2 is 1.93 bits per heavy atom. The molecule has 0 aliphatic carbocycles. The van der Waals surface area contributed by atoms with E-state index in [4.69, 9.17) is 0 Å². The molecule has 3 aromatic rings. The molecule has 0 bridgehead atoms. The highest BCUT2D eigenvalue weighted by Gasteiger charge is 2.31. The first kappa shape index (κ1) is 20.2. The van der Waals surface area contributed by atoms with Gasteiger partial charge in [-0.3, -0.25) is 9.56 Å². The third-order valence-corrected chi connectivity index (χ3v) is 3.91. The number of nitrogens with one attached hydrogen (secondary N) is 2. The van der Waals surface area contributed by atoms with Gasteiger partial charge < -0.3 is 15.4 Å².